The Bertz CT molecular complexity index is 427. The fourth-order valence-electron chi connectivity index (χ4n) is 2.20. The number of aromatic nitrogens is 1. The van der Waals surface area contributed by atoms with Gasteiger partial charge in [0.05, 0.1) is 13.2 Å². The van der Waals surface area contributed by atoms with Gasteiger partial charge in [-0.3, -0.25) is 0 Å². The van der Waals surface area contributed by atoms with Crippen LogP contribution in [-0.4, -0.2) is 35.5 Å². The molecule has 0 aromatic carbocycles. The summed E-state index contributed by atoms with van der Waals surface area (Å²) in [6, 6.07) is 3.87. The van der Waals surface area contributed by atoms with Crippen LogP contribution in [0.15, 0.2) is 23.3 Å². The average molecular weight is 262 g/mol. The third kappa shape index (κ3) is 3.84. The van der Waals surface area contributed by atoms with Gasteiger partial charge in [-0.05, 0) is 32.3 Å². The first-order chi connectivity index (χ1) is 9.31. The number of piperidine rings is 1. The van der Waals surface area contributed by atoms with E-state index in [1.807, 2.05) is 19.1 Å². The molecule has 5 nitrogen and oxygen atoms in total. The molecule has 1 aromatic heterocycles. The summed E-state index contributed by atoms with van der Waals surface area (Å²) in [5.41, 5.74) is 7.01. The van der Waals surface area contributed by atoms with Crippen molar-refractivity contribution < 1.29 is 4.74 Å². The predicted molar refractivity (Wildman–Crippen MR) is 76.2 cm³/mol. The van der Waals surface area contributed by atoms with Gasteiger partial charge in [-0.2, -0.15) is 0 Å². The maximum atomic E-state index is 6.03. The third-order valence-electron chi connectivity index (χ3n) is 3.22. The number of rotatable bonds is 4. The molecular weight excluding hydrogens is 240 g/mol. The molecule has 19 heavy (non-hydrogen) atoms. The van der Waals surface area contributed by atoms with Gasteiger partial charge in [0, 0.05) is 24.8 Å². The molecule has 104 valence electrons. The molecule has 0 radical (unpaired) electrons. The molecule has 0 aliphatic carbocycles. The molecule has 1 saturated heterocycles. The van der Waals surface area contributed by atoms with Crippen molar-refractivity contribution in [1.82, 2.24) is 9.88 Å². The number of ether oxygens (including phenoxy) is 1. The highest BCUT2D eigenvalue weighted by Crippen LogP contribution is 2.15. The van der Waals surface area contributed by atoms with E-state index in [1.165, 1.54) is 19.3 Å². The van der Waals surface area contributed by atoms with Crippen molar-refractivity contribution in [3.63, 3.8) is 0 Å². The number of nitrogens with two attached hydrogens (primary N) is 1. The van der Waals surface area contributed by atoms with Gasteiger partial charge in [-0.25, -0.2) is 9.98 Å². The van der Waals surface area contributed by atoms with Crippen LogP contribution in [-0.2, 0) is 6.54 Å². The Kier molecular flexibility index (Phi) is 5.01. The lowest BCUT2D eigenvalue weighted by Crippen LogP contribution is -2.40. The fourth-order valence-corrected chi connectivity index (χ4v) is 2.20. The number of nitrogens with zero attached hydrogens (tertiary/aromatic N) is 3. The minimum atomic E-state index is 0.519. The largest absolute Gasteiger partial charge is 0.478 e. The van der Waals surface area contributed by atoms with Crippen LogP contribution in [0.5, 0.6) is 5.88 Å². The summed E-state index contributed by atoms with van der Waals surface area (Å²) in [7, 11) is 0. The van der Waals surface area contributed by atoms with Gasteiger partial charge in [-0.15, -0.1) is 0 Å². The van der Waals surface area contributed by atoms with E-state index in [0.717, 1.165) is 18.7 Å². The second-order valence-corrected chi connectivity index (χ2v) is 4.62. The van der Waals surface area contributed by atoms with E-state index in [4.69, 9.17) is 10.5 Å². The average Bonchev–Trinajstić information content (AvgIpc) is 2.47. The summed E-state index contributed by atoms with van der Waals surface area (Å²) in [5.74, 6) is 1.28. The Hall–Kier alpha value is -1.78. The van der Waals surface area contributed by atoms with Crippen LogP contribution in [0.4, 0.5) is 0 Å². The van der Waals surface area contributed by atoms with Crippen LogP contribution >= 0.6 is 0 Å². The second-order valence-electron chi connectivity index (χ2n) is 4.62. The molecule has 2 N–H and O–H groups in total. The first-order valence-electron chi connectivity index (χ1n) is 6.93. The predicted octanol–water partition coefficient (Wildman–Crippen LogP) is 1.78. The quantitative estimate of drug-likeness (QED) is 0.663. The van der Waals surface area contributed by atoms with E-state index in [1.54, 1.807) is 6.20 Å². The van der Waals surface area contributed by atoms with Crippen molar-refractivity contribution in [2.75, 3.05) is 19.7 Å². The third-order valence-corrected chi connectivity index (χ3v) is 3.22. The smallest absolute Gasteiger partial charge is 0.218 e. The summed E-state index contributed by atoms with van der Waals surface area (Å²) < 4.78 is 5.48. The molecule has 5 heteroatoms. The summed E-state index contributed by atoms with van der Waals surface area (Å²) in [5, 5.41) is 0. The molecule has 0 amide bonds. The highest BCUT2D eigenvalue weighted by Gasteiger charge is 2.12. The fraction of sp³-hybridized carbons (Fsp3) is 0.571. The SMILES string of the molecule is CCOc1ncccc1CN=C(N)N1CCCCC1. The van der Waals surface area contributed by atoms with Crippen LogP contribution in [0.2, 0.25) is 0 Å². The maximum Gasteiger partial charge on any atom is 0.218 e. The Labute approximate surface area is 114 Å². The van der Waals surface area contributed by atoms with Gasteiger partial charge < -0.3 is 15.4 Å². The van der Waals surface area contributed by atoms with Crippen LogP contribution in [0.25, 0.3) is 0 Å². The van der Waals surface area contributed by atoms with E-state index < -0.39 is 0 Å². The van der Waals surface area contributed by atoms with Crippen LogP contribution in [0.1, 0.15) is 31.7 Å². The Balaban J connectivity index is 2.00. The van der Waals surface area contributed by atoms with E-state index in [2.05, 4.69) is 14.9 Å². The highest BCUT2D eigenvalue weighted by molar-refractivity contribution is 5.78. The van der Waals surface area contributed by atoms with Crippen LogP contribution < -0.4 is 10.5 Å². The van der Waals surface area contributed by atoms with Gasteiger partial charge in [0.1, 0.15) is 0 Å². The molecule has 0 spiro atoms. The minimum absolute atomic E-state index is 0.519. The van der Waals surface area contributed by atoms with Gasteiger partial charge in [0.25, 0.3) is 0 Å². The van der Waals surface area contributed by atoms with Gasteiger partial charge in [0.2, 0.25) is 5.88 Å². The Morgan fingerprint density at radius 3 is 2.95 bits per heavy atom. The van der Waals surface area contributed by atoms with E-state index >= 15 is 0 Å². The van der Waals surface area contributed by atoms with E-state index in [0.29, 0.717) is 25.0 Å². The molecule has 1 fully saturated rings. The molecule has 1 aliphatic rings. The van der Waals surface area contributed by atoms with E-state index in [-0.39, 0.29) is 0 Å². The number of hydrogen-bond acceptors (Lipinski definition) is 3. The van der Waals surface area contributed by atoms with Crippen molar-refractivity contribution in [3.05, 3.63) is 23.9 Å². The normalized spacial score (nSPS) is 16.5. The summed E-state index contributed by atoms with van der Waals surface area (Å²) in [6.45, 7) is 5.10. The van der Waals surface area contributed by atoms with Crippen molar-refractivity contribution in [3.8, 4) is 5.88 Å². The molecule has 0 bridgehead atoms. The maximum absolute atomic E-state index is 6.03. The highest BCUT2D eigenvalue weighted by atomic mass is 16.5. The zero-order valence-corrected chi connectivity index (χ0v) is 11.5. The molecule has 2 heterocycles. The van der Waals surface area contributed by atoms with Crippen molar-refractivity contribution in [1.29, 1.82) is 0 Å². The Morgan fingerprint density at radius 1 is 1.42 bits per heavy atom. The summed E-state index contributed by atoms with van der Waals surface area (Å²) in [4.78, 5) is 10.8. The van der Waals surface area contributed by atoms with Crippen molar-refractivity contribution >= 4 is 5.96 Å². The lowest BCUT2D eigenvalue weighted by molar-refractivity contribution is 0.322. The molecule has 0 unspecified atom stereocenters. The number of guanidine groups is 1. The van der Waals surface area contributed by atoms with Gasteiger partial charge in [0.15, 0.2) is 5.96 Å². The molecule has 0 atom stereocenters. The molecular formula is C14H22N4O. The monoisotopic (exact) mass is 262 g/mol. The molecule has 1 aromatic rings. The molecule has 1 aliphatic heterocycles. The first-order valence-corrected chi connectivity index (χ1v) is 6.93. The zero-order valence-electron chi connectivity index (χ0n) is 11.5. The summed E-state index contributed by atoms with van der Waals surface area (Å²) in [6.07, 6.45) is 5.42. The van der Waals surface area contributed by atoms with Crippen molar-refractivity contribution in [2.24, 2.45) is 10.7 Å². The number of pyridine rings is 1. The lowest BCUT2D eigenvalue weighted by atomic mass is 10.1. The Morgan fingerprint density at radius 2 is 2.21 bits per heavy atom. The second kappa shape index (κ2) is 6.97. The standard InChI is InChI=1S/C14H22N4O/c1-2-19-13-12(7-6-8-16-13)11-17-14(15)18-9-4-3-5-10-18/h6-8H,2-5,9-11H2,1H3,(H2,15,17). The van der Waals surface area contributed by atoms with Crippen LogP contribution in [0, 0.1) is 0 Å². The molecule has 2 rings (SSSR count). The van der Waals surface area contributed by atoms with E-state index in [9.17, 15) is 0 Å². The first kappa shape index (κ1) is 13.6. The number of aliphatic imine (C=N–C) groups is 1. The summed E-state index contributed by atoms with van der Waals surface area (Å²) >= 11 is 0. The number of likely N-dealkylation sites (tertiary alicyclic amines) is 1. The zero-order chi connectivity index (χ0) is 13.5. The van der Waals surface area contributed by atoms with Crippen LogP contribution in [0.3, 0.4) is 0 Å². The molecule has 0 saturated carbocycles. The van der Waals surface area contributed by atoms with Crippen molar-refractivity contribution in [2.45, 2.75) is 32.7 Å². The lowest BCUT2D eigenvalue weighted by Gasteiger charge is -2.27. The topological polar surface area (TPSA) is 63.7 Å². The van der Waals surface area contributed by atoms with Gasteiger partial charge in [-0.1, -0.05) is 6.07 Å². The minimum Gasteiger partial charge on any atom is -0.478 e. The van der Waals surface area contributed by atoms with Gasteiger partial charge >= 0.3 is 0 Å². The number of hydrogen-bond donors (Lipinski definition) is 1.